The Labute approximate surface area is 161 Å². The van der Waals surface area contributed by atoms with Crippen molar-refractivity contribution in [3.63, 3.8) is 0 Å². The molecule has 0 spiro atoms. The van der Waals surface area contributed by atoms with Gasteiger partial charge in [0, 0.05) is 6.54 Å². The molecule has 0 saturated carbocycles. The highest BCUT2D eigenvalue weighted by Gasteiger charge is 2.24. The third-order valence-corrected chi connectivity index (χ3v) is 5.09. The zero-order valence-corrected chi connectivity index (χ0v) is 15.9. The third-order valence-electron chi connectivity index (χ3n) is 5.09. The molecule has 1 heterocycles. The second-order valence-corrected chi connectivity index (χ2v) is 7.03. The monoisotopic (exact) mass is 359 g/mol. The third kappa shape index (κ3) is 3.83. The van der Waals surface area contributed by atoms with Crippen molar-refractivity contribution in [3.05, 3.63) is 94.5 Å². The van der Waals surface area contributed by atoms with Crippen molar-refractivity contribution >= 4 is 0 Å². The SMILES string of the molecule is COc1cc2c(cc1OCc1ccccc1)C(c1cccc(C)c1)NCC2. The highest BCUT2D eigenvalue weighted by molar-refractivity contribution is 5.52. The number of benzene rings is 3. The first-order chi connectivity index (χ1) is 13.2. The summed E-state index contributed by atoms with van der Waals surface area (Å²) >= 11 is 0. The summed E-state index contributed by atoms with van der Waals surface area (Å²) in [6.07, 6.45) is 0.993. The molecule has 0 bridgehead atoms. The van der Waals surface area contributed by atoms with Gasteiger partial charge >= 0.3 is 0 Å². The van der Waals surface area contributed by atoms with Gasteiger partial charge in [-0.15, -0.1) is 0 Å². The molecule has 1 N–H and O–H groups in total. The summed E-state index contributed by atoms with van der Waals surface area (Å²) in [4.78, 5) is 0. The fourth-order valence-electron chi connectivity index (χ4n) is 3.72. The van der Waals surface area contributed by atoms with Gasteiger partial charge in [-0.3, -0.25) is 0 Å². The van der Waals surface area contributed by atoms with Gasteiger partial charge in [0.15, 0.2) is 11.5 Å². The lowest BCUT2D eigenvalue weighted by atomic mass is 9.89. The largest absolute Gasteiger partial charge is 0.493 e. The molecule has 3 heteroatoms. The first kappa shape index (κ1) is 17.6. The molecule has 3 aromatic rings. The number of aryl methyl sites for hydroxylation is 1. The molecule has 138 valence electrons. The van der Waals surface area contributed by atoms with Crippen LogP contribution in [0.4, 0.5) is 0 Å². The molecule has 1 atom stereocenters. The Morgan fingerprint density at radius 2 is 1.81 bits per heavy atom. The molecule has 0 saturated heterocycles. The van der Waals surface area contributed by atoms with Crippen LogP contribution >= 0.6 is 0 Å². The van der Waals surface area contributed by atoms with Crippen molar-refractivity contribution in [2.24, 2.45) is 0 Å². The van der Waals surface area contributed by atoms with Gasteiger partial charge in [-0.25, -0.2) is 0 Å². The maximum atomic E-state index is 6.14. The quantitative estimate of drug-likeness (QED) is 0.709. The molecule has 27 heavy (non-hydrogen) atoms. The summed E-state index contributed by atoms with van der Waals surface area (Å²) in [7, 11) is 1.70. The summed E-state index contributed by atoms with van der Waals surface area (Å²) in [5, 5.41) is 3.66. The van der Waals surface area contributed by atoms with Gasteiger partial charge in [-0.05, 0) is 47.7 Å². The van der Waals surface area contributed by atoms with E-state index in [0.29, 0.717) is 6.61 Å². The second kappa shape index (κ2) is 7.85. The van der Waals surface area contributed by atoms with E-state index in [1.807, 2.05) is 18.2 Å². The van der Waals surface area contributed by atoms with Crippen molar-refractivity contribution in [3.8, 4) is 11.5 Å². The molecule has 1 aliphatic heterocycles. The highest BCUT2D eigenvalue weighted by Crippen LogP contribution is 2.38. The summed E-state index contributed by atoms with van der Waals surface area (Å²) in [6, 6.07) is 23.4. The average Bonchev–Trinajstić information content (AvgIpc) is 2.71. The van der Waals surface area contributed by atoms with E-state index in [1.165, 1.54) is 22.3 Å². The molecule has 3 aromatic carbocycles. The van der Waals surface area contributed by atoms with E-state index in [4.69, 9.17) is 9.47 Å². The minimum Gasteiger partial charge on any atom is -0.493 e. The lowest BCUT2D eigenvalue weighted by Gasteiger charge is -2.29. The van der Waals surface area contributed by atoms with Crippen LogP contribution in [0.2, 0.25) is 0 Å². The van der Waals surface area contributed by atoms with Crippen LogP contribution < -0.4 is 14.8 Å². The Bertz CT molecular complexity index is 921. The summed E-state index contributed by atoms with van der Waals surface area (Å²) in [5.74, 6) is 1.59. The van der Waals surface area contributed by atoms with E-state index in [1.54, 1.807) is 7.11 Å². The van der Waals surface area contributed by atoms with Crippen molar-refractivity contribution in [1.29, 1.82) is 0 Å². The number of fused-ring (bicyclic) bond motifs is 1. The Morgan fingerprint density at radius 1 is 0.963 bits per heavy atom. The zero-order chi connectivity index (χ0) is 18.6. The van der Waals surface area contributed by atoms with Gasteiger partial charge in [0.05, 0.1) is 13.2 Å². The molecule has 3 nitrogen and oxygen atoms in total. The maximum Gasteiger partial charge on any atom is 0.162 e. The minimum atomic E-state index is 0.179. The number of hydrogen-bond donors (Lipinski definition) is 1. The molecule has 0 radical (unpaired) electrons. The first-order valence-electron chi connectivity index (χ1n) is 9.42. The lowest BCUT2D eigenvalue weighted by Crippen LogP contribution is -2.30. The van der Waals surface area contributed by atoms with Crippen molar-refractivity contribution < 1.29 is 9.47 Å². The van der Waals surface area contributed by atoms with Crippen LogP contribution in [0.25, 0.3) is 0 Å². The van der Waals surface area contributed by atoms with Gasteiger partial charge in [0.1, 0.15) is 6.61 Å². The molecule has 0 aromatic heterocycles. The maximum absolute atomic E-state index is 6.14. The van der Waals surface area contributed by atoms with E-state index >= 15 is 0 Å². The lowest BCUT2D eigenvalue weighted by molar-refractivity contribution is 0.283. The van der Waals surface area contributed by atoms with Crippen molar-refractivity contribution in [2.45, 2.75) is 26.0 Å². The molecular weight excluding hydrogens is 334 g/mol. The number of rotatable bonds is 5. The van der Waals surface area contributed by atoms with E-state index in [9.17, 15) is 0 Å². The molecule has 1 aliphatic rings. The van der Waals surface area contributed by atoms with Crippen molar-refractivity contribution in [2.75, 3.05) is 13.7 Å². The zero-order valence-electron chi connectivity index (χ0n) is 15.9. The van der Waals surface area contributed by atoms with Crippen molar-refractivity contribution in [1.82, 2.24) is 5.32 Å². The standard InChI is InChI=1S/C24H25NO2/c1-17-7-6-10-20(13-17)24-21-15-23(27-16-18-8-4-3-5-9-18)22(26-2)14-19(21)11-12-25-24/h3-10,13-15,24-25H,11-12,16H2,1-2H3. The predicted molar refractivity (Wildman–Crippen MR) is 108 cm³/mol. The Morgan fingerprint density at radius 3 is 2.59 bits per heavy atom. The Kier molecular flexibility index (Phi) is 5.12. The first-order valence-corrected chi connectivity index (χ1v) is 9.42. The van der Waals surface area contributed by atoms with Crippen LogP contribution in [0.1, 0.15) is 33.9 Å². The molecule has 0 fully saturated rings. The van der Waals surface area contributed by atoms with Crippen LogP contribution in [-0.4, -0.2) is 13.7 Å². The van der Waals surface area contributed by atoms with Crippen LogP contribution in [0.15, 0.2) is 66.7 Å². The van der Waals surface area contributed by atoms with Gasteiger partial charge in [-0.1, -0.05) is 60.2 Å². The Hall–Kier alpha value is -2.78. The summed E-state index contributed by atoms with van der Waals surface area (Å²) in [6.45, 7) is 3.62. The van der Waals surface area contributed by atoms with Crippen LogP contribution in [-0.2, 0) is 13.0 Å². The van der Waals surface area contributed by atoms with Gasteiger partial charge in [0.2, 0.25) is 0 Å². The van der Waals surface area contributed by atoms with Gasteiger partial charge in [-0.2, -0.15) is 0 Å². The van der Waals surface area contributed by atoms with E-state index in [-0.39, 0.29) is 6.04 Å². The minimum absolute atomic E-state index is 0.179. The molecule has 0 amide bonds. The average molecular weight is 359 g/mol. The molecule has 1 unspecified atom stereocenters. The van der Waals surface area contributed by atoms with Gasteiger partial charge < -0.3 is 14.8 Å². The Balaban J connectivity index is 1.68. The van der Waals surface area contributed by atoms with E-state index < -0.39 is 0 Å². The second-order valence-electron chi connectivity index (χ2n) is 7.03. The fraction of sp³-hybridized carbons (Fsp3) is 0.250. The van der Waals surface area contributed by atoms with Gasteiger partial charge in [0.25, 0.3) is 0 Å². The van der Waals surface area contributed by atoms with Crippen LogP contribution in [0.5, 0.6) is 11.5 Å². The smallest absolute Gasteiger partial charge is 0.162 e. The van der Waals surface area contributed by atoms with Crippen LogP contribution in [0.3, 0.4) is 0 Å². The molecular formula is C24H25NO2. The van der Waals surface area contributed by atoms with Crippen LogP contribution in [0, 0.1) is 6.92 Å². The highest BCUT2D eigenvalue weighted by atomic mass is 16.5. The summed E-state index contributed by atoms with van der Waals surface area (Å²) < 4.78 is 11.7. The number of methoxy groups -OCH3 is 1. The normalized spacial score (nSPS) is 15.9. The topological polar surface area (TPSA) is 30.5 Å². The summed E-state index contributed by atoms with van der Waals surface area (Å²) in [5.41, 5.74) is 6.30. The van der Waals surface area contributed by atoms with E-state index in [2.05, 4.69) is 60.8 Å². The number of nitrogens with one attached hydrogen (secondary N) is 1. The molecule has 0 aliphatic carbocycles. The number of hydrogen-bond acceptors (Lipinski definition) is 3. The molecule has 4 rings (SSSR count). The van der Waals surface area contributed by atoms with E-state index in [0.717, 1.165) is 30.0 Å². The number of ether oxygens (including phenoxy) is 2. The fourth-order valence-corrected chi connectivity index (χ4v) is 3.72. The predicted octanol–water partition coefficient (Wildman–Crippen LogP) is 4.82.